The predicted octanol–water partition coefficient (Wildman–Crippen LogP) is 3.86. The van der Waals surface area contributed by atoms with Gasteiger partial charge >= 0.3 is 0 Å². The minimum absolute atomic E-state index is 0. The summed E-state index contributed by atoms with van der Waals surface area (Å²) >= 11 is 0. The highest BCUT2D eigenvalue weighted by atomic mass is 35.5. The first-order valence-electron chi connectivity index (χ1n) is 9.46. The summed E-state index contributed by atoms with van der Waals surface area (Å²) in [6, 6.07) is 11.1. The highest BCUT2D eigenvalue weighted by Crippen LogP contribution is 2.16. The Balaban J connectivity index is 0.00000312. The molecule has 0 radical (unpaired) electrons. The maximum absolute atomic E-state index is 12.4. The molecule has 1 fully saturated rings. The predicted molar refractivity (Wildman–Crippen MR) is 114 cm³/mol. The number of halogens is 2. The third-order valence-electron chi connectivity index (χ3n) is 5.02. The van der Waals surface area contributed by atoms with Gasteiger partial charge in [-0.15, -0.1) is 24.8 Å². The second-order valence-corrected chi connectivity index (χ2v) is 6.93. The molecule has 6 heteroatoms. The minimum Gasteiger partial charge on any atom is -0.341 e. The summed E-state index contributed by atoms with van der Waals surface area (Å²) in [4.78, 5) is 17.0. The highest BCUT2D eigenvalue weighted by Gasteiger charge is 2.23. The molecule has 1 aromatic rings. The van der Waals surface area contributed by atoms with Crippen LogP contribution >= 0.6 is 24.8 Å². The third-order valence-corrected chi connectivity index (χ3v) is 5.02. The number of carbonyl (C=O) groups is 1. The molecule has 150 valence electrons. The fourth-order valence-electron chi connectivity index (χ4n) is 3.34. The molecule has 1 saturated heterocycles. The lowest BCUT2D eigenvalue weighted by atomic mass is 10.1. The zero-order valence-corrected chi connectivity index (χ0v) is 17.6. The van der Waals surface area contributed by atoms with Gasteiger partial charge in [0.05, 0.1) is 0 Å². The molecule has 1 aromatic carbocycles. The van der Waals surface area contributed by atoms with Crippen LogP contribution in [0.2, 0.25) is 0 Å². The first-order chi connectivity index (χ1) is 11.7. The number of rotatable bonds is 8. The van der Waals surface area contributed by atoms with Crippen LogP contribution in [0.15, 0.2) is 30.3 Å². The van der Waals surface area contributed by atoms with E-state index in [1.807, 2.05) is 0 Å². The van der Waals surface area contributed by atoms with Gasteiger partial charge in [-0.05, 0) is 38.3 Å². The van der Waals surface area contributed by atoms with Crippen LogP contribution in [0.4, 0.5) is 0 Å². The summed E-state index contributed by atoms with van der Waals surface area (Å²) in [5, 5.41) is 0. The van der Waals surface area contributed by atoms with Gasteiger partial charge in [0.25, 0.3) is 0 Å². The van der Waals surface area contributed by atoms with E-state index in [9.17, 15) is 4.79 Å². The van der Waals surface area contributed by atoms with Crippen LogP contribution in [-0.2, 0) is 11.3 Å². The van der Waals surface area contributed by atoms with Crippen molar-refractivity contribution in [2.24, 2.45) is 5.73 Å². The number of carbonyl (C=O) groups excluding carboxylic acids is 1. The Bertz CT molecular complexity index is 487. The van der Waals surface area contributed by atoms with Gasteiger partial charge in [0.1, 0.15) is 0 Å². The van der Waals surface area contributed by atoms with E-state index in [-0.39, 0.29) is 24.8 Å². The van der Waals surface area contributed by atoms with Crippen molar-refractivity contribution in [3.8, 4) is 0 Å². The van der Waals surface area contributed by atoms with E-state index in [0.29, 0.717) is 18.4 Å². The van der Waals surface area contributed by atoms with Crippen molar-refractivity contribution in [2.75, 3.05) is 26.2 Å². The van der Waals surface area contributed by atoms with Crippen LogP contribution in [0, 0.1) is 0 Å². The molecule has 0 aromatic heterocycles. The van der Waals surface area contributed by atoms with Gasteiger partial charge in [-0.2, -0.15) is 0 Å². The molecule has 0 bridgehead atoms. The largest absolute Gasteiger partial charge is 0.341 e. The summed E-state index contributed by atoms with van der Waals surface area (Å²) in [6.07, 6.45) is 6.09. The molecule has 0 aliphatic carbocycles. The molecule has 1 aliphatic heterocycles. The highest BCUT2D eigenvalue weighted by molar-refractivity contribution is 5.85. The summed E-state index contributed by atoms with van der Waals surface area (Å²) in [5.41, 5.74) is 6.86. The fraction of sp³-hybridized carbons (Fsp3) is 0.650. The summed E-state index contributed by atoms with van der Waals surface area (Å²) in [5.74, 6) is 0.330. The van der Waals surface area contributed by atoms with Crippen molar-refractivity contribution in [1.82, 2.24) is 9.80 Å². The minimum atomic E-state index is 0. The average Bonchev–Trinajstić information content (AvgIpc) is 2.78. The molecule has 2 N–H and O–H groups in total. The van der Waals surface area contributed by atoms with Crippen molar-refractivity contribution < 1.29 is 4.79 Å². The van der Waals surface area contributed by atoms with Gasteiger partial charge in [0.15, 0.2) is 0 Å². The molecule has 1 unspecified atom stereocenters. The van der Waals surface area contributed by atoms with E-state index in [1.54, 1.807) is 0 Å². The monoisotopic (exact) mass is 403 g/mol. The Hall–Kier alpha value is -0.810. The lowest BCUT2D eigenvalue weighted by Gasteiger charge is -2.26. The first kappa shape index (κ1) is 25.2. The SMILES string of the molecule is CC1CCN(C(=O)CCCCCCN)CCN1Cc1ccccc1.Cl.Cl. The van der Waals surface area contributed by atoms with Crippen molar-refractivity contribution in [3.63, 3.8) is 0 Å². The second-order valence-electron chi connectivity index (χ2n) is 6.93. The molecule has 1 atom stereocenters. The van der Waals surface area contributed by atoms with Crippen molar-refractivity contribution in [3.05, 3.63) is 35.9 Å². The molecular weight excluding hydrogens is 369 g/mol. The zero-order valence-electron chi connectivity index (χ0n) is 15.9. The lowest BCUT2D eigenvalue weighted by Crippen LogP contribution is -2.36. The number of hydrogen-bond donors (Lipinski definition) is 1. The summed E-state index contributed by atoms with van der Waals surface area (Å²) < 4.78 is 0. The molecule has 4 nitrogen and oxygen atoms in total. The standard InChI is InChI=1S/C20H33N3O.2ClH/c1-18-12-14-22(20(24)11-7-2-3-8-13-21)15-16-23(18)17-19-9-5-4-6-10-19;;/h4-6,9-10,18H,2-3,7-8,11-17,21H2,1H3;2*1H. The Morgan fingerprint density at radius 2 is 1.73 bits per heavy atom. The van der Waals surface area contributed by atoms with Crippen LogP contribution < -0.4 is 5.73 Å². The number of benzene rings is 1. The van der Waals surface area contributed by atoms with E-state index < -0.39 is 0 Å². The summed E-state index contributed by atoms with van der Waals surface area (Å²) in [7, 11) is 0. The second kappa shape index (κ2) is 14.3. The molecule has 0 saturated carbocycles. The van der Waals surface area contributed by atoms with Crippen LogP contribution in [0.5, 0.6) is 0 Å². The lowest BCUT2D eigenvalue weighted by molar-refractivity contribution is -0.131. The molecular formula is C20H35Cl2N3O. The fourth-order valence-corrected chi connectivity index (χ4v) is 3.34. The molecule has 1 heterocycles. The first-order valence-corrected chi connectivity index (χ1v) is 9.46. The van der Waals surface area contributed by atoms with Gasteiger partial charge in [-0.3, -0.25) is 9.69 Å². The Morgan fingerprint density at radius 1 is 1.04 bits per heavy atom. The number of unbranched alkanes of at least 4 members (excludes halogenated alkanes) is 3. The van der Waals surface area contributed by atoms with E-state index in [1.165, 1.54) is 5.56 Å². The van der Waals surface area contributed by atoms with Crippen LogP contribution in [-0.4, -0.2) is 47.9 Å². The van der Waals surface area contributed by atoms with E-state index in [2.05, 4.69) is 47.1 Å². The van der Waals surface area contributed by atoms with Crippen molar-refractivity contribution >= 4 is 30.7 Å². The van der Waals surface area contributed by atoms with Crippen LogP contribution in [0.3, 0.4) is 0 Å². The quantitative estimate of drug-likeness (QED) is 0.670. The Kier molecular flexibility index (Phi) is 13.8. The van der Waals surface area contributed by atoms with Gasteiger partial charge in [-0.1, -0.05) is 43.2 Å². The topological polar surface area (TPSA) is 49.6 Å². The van der Waals surface area contributed by atoms with Crippen LogP contribution in [0.25, 0.3) is 0 Å². The maximum Gasteiger partial charge on any atom is 0.222 e. The van der Waals surface area contributed by atoms with Gasteiger partial charge in [-0.25, -0.2) is 0 Å². The molecule has 1 amide bonds. The number of amides is 1. The zero-order chi connectivity index (χ0) is 17.2. The van der Waals surface area contributed by atoms with E-state index in [0.717, 1.165) is 64.8 Å². The van der Waals surface area contributed by atoms with E-state index in [4.69, 9.17) is 5.73 Å². The van der Waals surface area contributed by atoms with Gasteiger partial charge < -0.3 is 10.6 Å². The number of nitrogens with zero attached hydrogens (tertiary/aromatic N) is 2. The smallest absolute Gasteiger partial charge is 0.222 e. The Morgan fingerprint density at radius 3 is 2.42 bits per heavy atom. The molecule has 1 aliphatic rings. The van der Waals surface area contributed by atoms with Crippen LogP contribution in [0.1, 0.15) is 51.0 Å². The van der Waals surface area contributed by atoms with Crippen molar-refractivity contribution in [2.45, 2.75) is 58.0 Å². The molecule has 2 rings (SSSR count). The van der Waals surface area contributed by atoms with Gasteiger partial charge in [0.2, 0.25) is 5.91 Å². The van der Waals surface area contributed by atoms with Gasteiger partial charge in [0, 0.05) is 38.6 Å². The maximum atomic E-state index is 12.4. The summed E-state index contributed by atoms with van der Waals surface area (Å²) in [6.45, 7) is 6.74. The third kappa shape index (κ3) is 8.72. The normalized spacial score (nSPS) is 17.8. The molecule has 26 heavy (non-hydrogen) atoms. The van der Waals surface area contributed by atoms with E-state index >= 15 is 0 Å². The number of hydrogen-bond acceptors (Lipinski definition) is 3. The molecule has 0 spiro atoms. The van der Waals surface area contributed by atoms with Crippen molar-refractivity contribution in [1.29, 1.82) is 0 Å². The number of nitrogens with two attached hydrogens (primary N) is 1. The Labute approximate surface area is 171 Å². The average molecular weight is 404 g/mol.